The van der Waals surface area contributed by atoms with Gasteiger partial charge in [0.1, 0.15) is 5.82 Å². The molecule has 0 unspecified atom stereocenters. The second-order valence-corrected chi connectivity index (χ2v) is 1.62. The molecule has 0 aliphatic rings. The van der Waals surface area contributed by atoms with Crippen molar-refractivity contribution >= 4 is 5.69 Å². The van der Waals surface area contributed by atoms with Crippen molar-refractivity contribution in [3.05, 3.63) is 30.1 Å². The van der Waals surface area contributed by atoms with Crippen LogP contribution >= 0.6 is 0 Å². The number of para-hydroxylation sites is 1. The fraction of sp³-hybridized carbons (Fsp3) is 0. The molecule has 56 valence electrons. The van der Waals surface area contributed by atoms with Crippen molar-refractivity contribution in [3.63, 3.8) is 0 Å². The van der Waals surface area contributed by atoms with Gasteiger partial charge in [-0.1, -0.05) is 12.1 Å². The minimum Gasteiger partial charge on any atom is -1.00 e. The number of rotatable bonds is 1. The molecular formula is C6H7ClFN2-. The molecule has 0 heterocycles. The van der Waals surface area contributed by atoms with E-state index in [-0.39, 0.29) is 18.2 Å². The Morgan fingerprint density at radius 2 is 1.90 bits per heavy atom. The van der Waals surface area contributed by atoms with Crippen LogP contribution in [0, 0.1) is 5.82 Å². The molecular weight excluding hydrogens is 155 g/mol. The topological polar surface area (TPSA) is 38.0 Å². The van der Waals surface area contributed by atoms with Crippen molar-refractivity contribution in [2.45, 2.75) is 0 Å². The van der Waals surface area contributed by atoms with E-state index in [0.29, 0.717) is 5.69 Å². The third-order valence-corrected chi connectivity index (χ3v) is 1.03. The van der Waals surface area contributed by atoms with E-state index in [1.54, 1.807) is 18.2 Å². The summed E-state index contributed by atoms with van der Waals surface area (Å²) in [4.78, 5) is 0. The molecule has 0 spiro atoms. The van der Waals surface area contributed by atoms with Crippen molar-refractivity contribution < 1.29 is 16.8 Å². The van der Waals surface area contributed by atoms with Crippen molar-refractivity contribution in [2.24, 2.45) is 5.84 Å². The Morgan fingerprint density at radius 3 is 2.30 bits per heavy atom. The first kappa shape index (κ1) is 9.20. The Morgan fingerprint density at radius 1 is 1.30 bits per heavy atom. The van der Waals surface area contributed by atoms with Crippen LogP contribution in [0.1, 0.15) is 0 Å². The molecule has 1 aromatic carbocycles. The van der Waals surface area contributed by atoms with Crippen molar-refractivity contribution in [1.82, 2.24) is 0 Å². The highest BCUT2D eigenvalue weighted by molar-refractivity contribution is 5.42. The highest BCUT2D eigenvalue weighted by atomic mass is 35.5. The van der Waals surface area contributed by atoms with Crippen LogP contribution in [0.2, 0.25) is 0 Å². The van der Waals surface area contributed by atoms with E-state index in [1.807, 2.05) is 0 Å². The molecule has 0 atom stereocenters. The molecule has 1 rings (SSSR count). The zero-order valence-corrected chi connectivity index (χ0v) is 5.90. The third kappa shape index (κ3) is 1.86. The molecule has 0 saturated heterocycles. The highest BCUT2D eigenvalue weighted by Crippen LogP contribution is 2.09. The molecule has 0 bridgehead atoms. The molecule has 3 N–H and O–H groups in total. The molecule has 4 heteroatoms. The van der Waals surface area contributed by atoms with Gasteiger partial charge in [0.25, 0.3) is 0 Å². The summed E-state index contributed by atoms with van der Waals surface area (Å²) in [6, 6.07) is 6.22. The number of halogens is 2. The molecule has 0 saturated carbocycles. The van der Waals surface area contributed by atoms with Gasteiger partial charge in [-0.2, -0.15) is 0 Å². The fourth-order valence-corrected chi connectivity index (χ4v) is 0.578. The number of nitrogen functional groups attached to an aromatic ring is 1. The molecule has 10 heavy (non-hydrogen) atoms. The maximum Gasteiger partial charge on any atom is 0.147 e. The van der Waals surface area contributed by atoms with Crippen LogP contribution in [0.25, 0.3) is 0 Å². The quantitative estimate of drug-likeness (QED) is 0.374. The van der Waals surface area contributed by atoms with Gasteiger partial charge < -0.3 is 17.8 Å². The molecule has 0 aliphatic heterocycles. The first-order valence-electron chi connectivity index (χ1n) is 2.56. The lowest BCUT2D eigenvalue weighted by molar-refractivity contribution is -0.00000247. The highest BCUT2D eigenvalue weighted by Gasteiger charge is 1.93. The number of nitrogens with two attached hydrogens (primary N) is 1. The minimum absolute atomic E-state index is 0. The Kier molecular flexibility index (Phi) is 3.76. The molecule has 2 nitrogen and oxygen atoms in total. The van der Waals surface area contributed by atoms with E-state index in [1.165, 1.54) is 6.07 Å². The second kappa shape index (κ2) is 4.09. The smallest absolute Gasteiger partial charge is 0.147 e. The number of hydrazine groups is 1. The van der Waals surface area contributed by atoms with Crippen LogP contribution in [0.3, 0.4) is 0 Å². The minimum atomic E-state index is -0.333. The summed E-state index contributed by atoms with van der Waals surface area (Å²) in [5.41, 5.74) is 2.54. The van der Waals surface area contributed by atoms with E-state index in [9.17, 15) is 4.39 Å². The Balaban J connectivity index is 0.000000810. The predicted octanol–water partition coefficient (Wildman–Crippen LogP) is -1.88. The summed E-state index contributed by atoms with van der Waals surface area (Å²) >= 11 is 0. The van der Waals surface area contributed by atoms with Gasteiger partial charge in [-0.15, -0.1) is 0 Å². The molecule has 0 amide bonds. The Bertz CT molecular complexity index is 205. The van der Waals surface area contributed by atoms with Gasteiger partial charge in [-0.05, 0) is 12.1 Å². The van der Waals surface area contributed by atoms with E-state index in [0.717, 1.165) is 0 Å². The average Bonchev–Trinajstić information content (AvgIpc) is 1.89. The first-order chi connectivity index (χ1) is 4.34. The average molecular weight is 162 g/mol. The molecule has 0 radical (unpaired) electrons. The van der Waals surface area contributed by atoms with Gasteiger partial charge in [0.05, 0.1) is 5.69 Å². The monoisotopic (exact) mass is 161 g/mol. The number of hydrogen-bond acceptors (Lipinski definition) is 2. The predicted molar refractivity (Wildman–Crippen MR) is 34.2 cm³/mol. The number of anilines is 1. The SMILES string of the molecule is NNc1ccccc1F.[Cl-]. The van der Waals surface area contributed by atoms with E-state index in [2.05, 4.69) is 5.43 Å². The van der Waals surface area contributed by atoms with E-state index < -0.39 is 0 Å². The molecule has 1 aromatic rings. The largest absolute Gasteiger partial charge is 1.00 e. The van der Waals surface area contributed by atoms with Crippen LogP contribution in [-0.2, 0) is 0 Å². The number of hydrogen-bond donors (Lipinski definition) is 2. The van der Waals surface area contributed by atoms with Gasteiger partial charge in [0.15, 0.2) is 0 Å². The lowest BCUT2D eigenvalue weighted by atomic mass is 10.3. The van der Waals surface area contributed by atoms with Crippen LogP contribution in [0.15, 0.2) is 24.3 Å². The first-order valence-corrected chi connectivity index (χ1v) is 2.56. The second-order valence-electron chi connectivity index (χ2n) is 1.62. The van der Waals surface area contributed by atoms with Gasteiger partial charge in [-0.25, -0.2) is 4.39 Å². The summed E-state index contributed by atoms with van der Waals surface area (Å²) in [7, 11) is 0. The van der Waals surface area contributed by atoms with Crippen molar-refractivity contribution in [3.8, 4) is 0 Å². The lowest BCUT2D eigenvalue weighted by Crippen LogP contribution is -3.00. The van der Waals surface area contributed by atoms with Gasteiger partial charge in [-0.3, -0.25) is 5.84 Å². The normalized spacial score (nSPS) is 8.20. The number of nitrogens with one attached hydrogen (secondary N) is 1. The zero-order valence-electron chi connectivity index (χ0n) is 5.14. The molecule has 0 fully saturated rings. The summed E-state index contributed by atoms with van der Waals surface area (Å²) in [6.07, 6.45) is 0. The van der Waals surface area contributed by atoms with E-state index in [4.69, 9.17) is 5.84 Å². The van der Waals surface area contributed by atoms with E-state index >= 15 is 0 Å². The van der Waals surface area contributed by atoms with Gasteiger partial charge in [0, 0.05) is 0 Å². The Labute approximate surface area is 64.6 Å². The van der Waals surface area contributed by atoms with Crippen LogP contribution in [0.5, 0.6) is 0 Å². The maximum atomic E-state index is 12.4. The Hall–Kier alpha value is -0.800. The number of benzene rings is 1. The van der Waals surface area contributed by atoms with Crippen molar-refractivity contribution in [1.29, 1.82) is 0 Å². The van der Waals surface area contributed by atoms with Crippen LogP contribution < -0.4 is 23.7 Å². The fourth-order valence-electron chi connectivity index (χ4n) is 0.578. The van der Waals surface area contributed by atoms with Crippen LogP contribution in [-0.4, -0.2) is 0 Å². The summed E-state index contributed by atoms with van der Waals surface area (Å²) in [5, 5.41) is 0. The summed E-state index contributed by atoms with van der Waals surface area (Å²) in [5.74, 6) is 4.63. The van der Waals surface area contributed by atoms with Gasteiger partial charge in [0.2, 0.25) is 0 Å². The molecule has 0 aromatic heterocycles. The van der Waals surface area contributed by atoms with Crippen LogP contribution in [0.4, 0.5) is 10.1 Å². The van der Waals surface area contributed by atoms with Crippen molar-refractivity contribution in [2.75, 3.05) is 5.43 Å². The molecule has 0 aliphatic carbocycles. The summed E-state index contributed by atoms with van der Waals surface area (Å²) < 4.78 is 12.4. The zero-order chi connectivity index (χ0) is 6.69. The standard InChI is InChI=1S/C6H7FN2.ClH/c7-5-3-1-2-4-6(5)9-8;/h1-4,9H,8H2;1H/p-1. The summed E-state index contributed by atoms with van der Waals surface area (Å²) in [6.45, 7) is 0. The van der Waals surface area contributed by atoms with Gasteiger partial charge >= 0.3 is 0 Å². The lowest BCUT2D eigenvalue weighted by Gasteiger charge is -1.97. The maximum absolute atomic E-state index is 12.4. The third-order valence-electron chi connectivity index (χ3n) is 1.03.